The van der Waals surface area contributed by atoms with Crippen molar-refractivity contribution in [2.24, 2.45) is 0 Å². The van der Waals surface area contributed by atoms with Gasteiger partial charge in [0.2, 0.25) is 5.12 Å². The van der Waals surface area contributed by atoms with Crippen LogP contribution in [0.5, 0.6) is 0 Å². The van der Waals surface area contributed by atoms with Gasteiger partial charge in [0.1, 0.15) is 0 Å². The Morgan fingerprint density at radius 3 is 2.50 bits per heavy atom. The van der Waals surface area contributed by atoms with E-state index in [2.05, 4.69) is 0 Å². The molecule has 4 heteroatoms. The Labute approximate surface area is 115 Å². The number of nitrogen functional groups attached to an aromatic ring is 1. The standard InChI is InChI=1S/C14H12ClNOS/c15-11-7-4-8-12(16)13(11)14(17)18-9-10-5-2-1-3-6-10/h1-8H,9,16H2. The SMILES string of the molecule is Nc1cccc(Cl)c1C(=O)SCc1ccccc1. The molecule has 2 rings (SSSR count). The number of thioether (sulfide) groups is 1. The molecule has 0 spiro atoms. The van der Waals surface area contributed by atoms with E-state index in [0.717, 1.165) is 5.56 Å². The van der Waals surface area contributed by atoms with Crippen LogP contribution >= 0.6 is 23.4 Å². The Bertz CT molecular complexity index is 537. The summed E-state index contributed by atoms with van der Waals surface area (Å²) in [5, 5.41) is 0.308. The van der Waals surface area contributed by atoms with Crippen LogP contribution < -0.4 is 5.73 Å². The minimum Gasteiger partial charge on any atom is -0.398 e. The van der Waals surface area contributed by atoms with Gasteiger partial charge in [-0.2, -0.15) is 0 Å². The largest absolute Gasteiger partial charge is 0.398 e. The summed E-state index contributed by atoms with van der Waals surface area (Å²) in [4.78, 5) is 12.1. The maximum absolute atomic E-state index is 12.1. The molecule has 0 fully saturated rings. The van der Waals surface area contributed by atoms with Crippen LogP contribution in [0.15, 0.2) is 48.5 Å². The van der Waals surface area contributed by atoms with E-state index in [0.29, 0.717) is 22.0 Å². The molecule has 2 nitrogen and oxygen atoms in total. The van der Waals surface area contributed by atoms with Gasteiger partial charge < -0.3 is 5.73 Å². The summed E-state index contributed by atoms with van der Waals surface area (Å²) in [6.45, 7) is 0. The molecule has 0 unspecified atom stereocenters. The first-order valence-electron chi connectivity index (χ1n) is 5.43. The van der Waals surface area contributed by atoms with Crippen molar-refractivity contribution in [2.45, 2.75) is 5.75 Å². The monoisotopic (exact) mass is 277 g/mol. The molecule has 2 N–H and O–H groups in total. The van der Waals surface area contributed by atoms with Gasteiger partial charge in [0.25, 0.3) is 0 Å². The number of carbonyl (C=O) groups excluding carboxylic acids is 1. The molecule has 0 aromatic heterocycles. The summed E-state index contributed by atoms with van der Waals surface area (Å²) in [7, 11) is 0. The normalized spacial score (nSPS) is 10.3. The van der Waals surface area contributed by atoms with Gasteiger partial charge in [0.15, 0.2) is 0 Å². The van der Waals surface area contributed by atoms with Crippen LogP contribution in [0, 0.1) is 0 Å². The molecular weight excluding hydrogens is 266 g/mol. The Morgan fingerprint density at radius 1 is 1.11 bits per heavy atom. The van der Waals surface area contributed by atoms with Crippen molar-refractivity contribution in [2.75, 3.05) is 5.73 Å². The molecule has 92 valence electrons. The first kappa shape index (κ1) is 13.0. The quantitative estimate of drug-likeness (QED) is 0.863. The molecule has 2 aromatic rings. The van der Waals surface area contributed by atoms with Crippen LogP contribution in [0.4, 0.5) is 5.69 Å². The van der Waals surface area contributed by atoms with E-state index >= 15 is 0 Å². The van der Waals surface area contributed by atoms with Crippen molar-refractivity contribution >= 4 is 34.2 Å². The third kappa shape index (κ3) is 3.06. The van der Waals surface area contributed by atoms with Crippen molar-refractivity contribution < 1.29 is 4.79 Å². The van der Waals surface area contributed by atoms with E-state index in [4.69, 9.17) is 17.3 Å². The van der Waals surface area contributed by atoms with E-state index in [1.54, 1.807) is 18.2 Å². The Kier molecular flexibility index (Phi) is 4.28. The van der Waals surface area contributed by atoms with Crippen molar-refractivity contribution in [3.05, 3.63) is 64.7 Å². The number of anilines is 1. The lowest BCUT2D eigenvalue weighted by Gasteiger charge is -2.06. The zero-order valence-electron chi connectivity index (χ0n) is 9.60. The lowest BCUT2D eigenvalue weighted by molar-refractivity contribution is 0.108. The zero-order valence-corrected chi connectivity index (χ0v) is 11.2. The highest BCUT2D eigenvalue weighted by molar-refractivity contribution is 8.13. The molecule has 0 bridgehead atoms. The minimum absolute atomic E-state index is 0.0954. The first-order valence-corrected chi connectivity index (χ1v) is 6.80. The second-order valence-corrected chi connectivity index (χ2v) is 5.12. The zero-order chi connectivity index (χ0) is 13.0. The van der Waals surface area contributed by atoms with E-state index in [1.807, 2.05) is 30.3 Å². The maximum Gasteiger partial charge on any atom is 0.223 e. The number of nitrogens with two attached hydrogens (primary N) is 1. The Balaban J connectivity index is 2.09. The number of hydrogen-bond donors (Lipinski definition) is 1. The highest BCUT2D eigenvalue weighted by atomic mass is 35.5. The van der Waals surface area contributed by atoms with Crippen LogP contribution in [0.25, 0.3) is 0 Å². The van der Waals surface area contributed by atoms with Crippen molar-refractivity contribution in [1.82, 2.24) is 0 Å². The van der Waals surface area contributed by atoms with Gasteiger partial charge in [-0.25, -0.2) is 0 Å². The van der Waals surface area contributed by atoms with E-state index in [-0.39, 0.29) is 5.12 Å². The van der Waals surface area contributed by atoms with Crippen LogP contribution in [-0.4, -0.2) is 5.12 Å². The molecule has 0 aliphatic heterocycles. The third-order valence-corrected chi connectivity index (χ3v) is 3.72. The molecule has 0 amide bonds. The smallest absolute Gasteiger partial charge is 0.223 e. The molecule has 18 heavy (non-hydrogen) atoms. The molecule has 0 saturated heterocycles. The first-order chi connectivity index (χ1) is 8.68. The molecule has 0 heterocycles. The van der Waals surface area contributed by atoms with Gasteiger partial charge in [-0.15, -0.1) is 0 Å². The second-order valence-electron chi connectivity index (χ2n) is 3.77. The lowest BCUT2D eigenvalue weighted by atomic mass is 10.2. The average Bonchev–Trinajstić information content (AvgIpc) is 2.37. The van der Waals surface area contributed by atoms with Crippen LogP contribution in [0.2, 0.25) is 5.02 Å². The fraction of sp³-hybridized carbons (Fsp3) is 0.0714. The fourth-order valence-corrected chi connectivity index (χ4v) is 2.74. The highest BCUT2D eigenvalue weighted by Crippen LogP contribution is 2.27. The maximum atomic E-state index is 12.1. The molecule has 0 aliphatic rings. The molecule has 0 radical (unpaired) electrons. The summed E-state index contributed by atoms with van der Waals surface area (Å²) >= 11 is 7.20. The molecular formula is C14H12ClNOS. The highest BCUT2D eigenvalue weighted by Gasteiger charge is 2.14. The summed E-state index contributed by atoms with van der Waals surface area (Å²) in [5.74, 6) is 0.615. The number of halogens is 1. The predicted molar refractivity (Wildman–Crippen MR) is 77.9 cm³/mol. The number of benzene rings is 2. The van der Waals surface area contributed by atoms with Crippen molar-refractivity contribution in [3.63, 3.8) is 0 Å². The molecule has 0 atom stereocenters. The Morgan fingerprint density at radius 2 is 1.83 bits per heavy atom. The minimum atomic E-state index is -0.0954. The topological polar surface area (TPSA) is 43.1 Å². The van der Waals surface area contributed by atoms with Gasteiger partial charge in [-0.3, -0.25) is 4.79 Å². The summed E-state index contributed by atoms with van der Waals surface area (Å²) in [5.41, 5.74) is 7.70. The van der Waals surface area contributed by atoms with Crippen LogP contribution in [-0.2, 0) is 5.75 Å². The molecule has 0 saturated carbocycles. The summed E-state index contributed by atoms with van der Waals surface area (Å²) in [6.07, 6.45) is 0. The van der Waals surface area contributed by atoms with Gasteiger partial charge in [0.05, 0.1) is 10.6 Å². The van der Waals surface area contributed by atoms with E-state index < -0.39 is 0 Å². The number of carbonyl (C=O) groups is 1. The second kappa shape index (κ2) is 5.94. The fourth-order valence-electron chi connectivity index (χ4n) is 1.55. The average molecular weight is 278 g/mol. The van der Waals surface area contributed by atoms with Gasteiger partial charge in [-0.1, -0.05) is 59.8 Å². The number of rotatable bonds is 3. The van der Waals surface area contributed by atoms with Crippen molar-refractivity contribution in [1.29, 1.82) is 0 Å². The van der Waals surface area contributed by atoms with E-state index in [9.17, 15) is 4.79 Å². The Hall–Kier alpha value is -1.45. The van der Waals surface area contributed by atoms with E-state index in [1.165, 1.54) is 11.8 Å². The number of hydrogen-bond acceptors (Lipinski definition) is 3. The van der Waals surface area contributed by atoms with Gasteiger partial charge in [0, 0.05) is 11.4 Å². The molecule has 0 aliphatic carbocycles. The summed E-state index contributed by atoms with van der Waals surface area (Å²) < 4.78 is 0. The lowest BCUT2D eigenvalue weighted by Crippen LogP contribution is -2.01. The van der Waals surface area contributed by atoms with Crippen LogP contribution in [0.3, 0.4) is 0 Å². The molecule has 2 aromatic carbocycles. The van der Waals surface area contributed by atoms with Crippen molar-refractivity contribution in [3.8, 4) is 0 Å². The van der Waals surface area contributed by atoms with Gasteiger partial charge >= 0.3 is 0 Å². The third-order valence-electron chi connectivity index (χ3n) is 2.46. The summed E-state index contributed by atoms with van der Waals surface area (Å²) in [6, 6.07) is 14.9. The van der Waals surface area contributed by atoms with Gasteiger partial charge in [-0.05, 0) is 17.7 Å². The predicted octanol–water partition coefficient (Wildman–Crippen LogP) is 4.00. The van der Waals surface area contributed by atoms with Crippen LogP contribution in [0.1, 0.15) is 15.9 Å².